The molecule has 9 heteroatoms. The maximum atomic E-state index is 12.3. The number of amides is 1. The second kappa shape index (κ2) is 11.0. The van der Waals surface area contributed by atoms with E-state index in [2.05, 4.69) is 10.2 Å². The molecule has 9 nitrogen and oxygen atoms in total. The van der Waals surface area contributed by atoms with Gasteiger partial charge in [0.2, 0.25) is 0 Å². The number of nitrogens with one attached hydrogen (secondary N) is 1. The van der Waals surface area contributed by atoms with Gasteiger partial charge in [-0.05, 0) is 39.2 Å². The predicted molar refractivity (Wildman–Crippen MR) is 96.4 cm³/mol. The second-order valence-corrected chi connectivity index (χ2v) is 6.80. The van der Waals surface area contributed by atoms with Crippen molar-refractivity contribution in [2.75, 3.05) is 13.2 Å². The number of hydrogen-bond acceptors (Lipinski definition) is 7. The number of esters is 1. The van der Waals surface area contributed by atoms with Crippen molar-refractivity contribution in [1.82, 2.24) is 5.32 Å². The Morgan fingerprint density at radius 1 is 1.19 bits per heavy atom. The van der Waals surface area contributed by atoms with Crippen molar-refractivity contribution < 1.29 is 29.0 Å². The highest BCUT2D eigenvalue weighted by Crippen LogP contribution is 2.10. The molecule has 0 radical (unpaired) electrons. The minimum absolute atomic E-state index is 0.0511. The standard InChI is InChI=1S/C18H26N2O7/c1-18(2,3)27-17(22)19-15(11-10-14-8-5-4-6-9-14)16(21)25-12-7-13-26-20(23)24/h4-6,8-9,15H,7,10-13H2,1-3H3,(H,19,22). The quantitative estimate of drug-likeness (QED) is 0.286. The number of aryl methyl sites for hydroxylation is 1. The van der Waals surface area contributed by atoms with E-state index in [1.807, 2.05) is 30.3 Å². The van der Waals surface area contributed by atoms with Crippen LogP contribution in [0.2, 0.25) is 0 Å². The van der Waals surface area contributed by atoms with E-state index in [1.54, 1.807) is 20.8 Å². The largest absolute Gasteiger partial charge is 0.464 e. The molecule has 1 aromatic carbocycles. The molecule has 0 aromatic heterocycles. The Morgan fingerprint density at radius 3 is 2.44 bits per heavy atom. The van der Waals surface area contributed by atoms with Crippen molar-refractivity contribution in [1.29, 1.82) is 0 Å². The molecule has 1 unspecified atom stereocenters. The summed E-state index contributed by atoms with van der Waals surface area (Å²) >= 11 is 0. The van der Waals surface area contributed by atoms with E-state index in [1.165, 1.54) is 0 Å². The molecule has 0 saturated carbocycles. The van der Waals surface area contributed by atoms with Gasteiger partial charge in [-0.2, -0.15) is 0 Å². The highest BCUT2D eigenvalue weighted by Gasteiger charge is 2.25. The van der Waals surface area contributed by atoms with Crippen LogP contribution < -0.4 is 5.32 Å². The van der Waals surface area contributed by atoms with Gasteiger partial charge >= 0.3 is 12.1 Å². The number of benzene rings is 1. The van der Waals surface area contributed by atoms with Gasteiger partial charge < -0.3 is 19.6 Å². The fraction of sp³-hybridized carbons (Fsp3) is 0.556. The summed E-state index contributed by atoms with van der Waals surface area (Å²) in [5.74, 6) is -0.627. The summed E-state index contributed by atoms with van der Waals surface area (Å²) in [4.78, 5) is 38.5. The third-order valence-corrected chi connectivity index (χ3v) is 3.27. The molecule has 1 atom stereocenters. The minimum Gasteiger partial charge on any atom is -0.464 e. The van der Waals surface area contributed by atoms with Crippen LogP contribution in [0.15, 0.2) is 30.3 Å². The number of ether oxygens (including phenoxy) is 2. The minimum atomic E-state index is -0.908. The molecule has 1 amide bonds. The van der Waals surface area contributed by atoms with E-state index in [0.717, 1.165) is 5.56 Å². The van der Waals surface area contributed by atoms with E-state index in [9.17, 15) is 19.7 Å². The number of carbonyl (C=O) groups is 2. The van der Waals surface area contributed by atoms with Gasteiger partial charge in [0.25, 0.3) is 5.09 Å². The first-order valence-corrected chi connectivity index (χ1v) is 8.65. The van der Waals surface area contributed by atoms with Gasteiger partial charge in [0.1, 0.15) is 11.6 Å². The van der Waals surface area contributed by atoms with E-state index in [-0.39, 0.29) is 19.6 Å². The smallest absolute Gasteiger partial charge is 0.408 e. The first-order chi connectivity index (χ1) is 12.7. The molecule has 0 spiro atoms. The molecule has 0 fully saturated rings. The normalized spacial score (nSPS) is 12.0. The van der Waals surface area contributed by atoms with E-state index in [0.29, 0.717) is 12.8 Å². The molecule has 150 valence electrons. The average molecular weight is 382 g/mol. The lowest BCUT2D eigenvalue weighted by atomic mass is 10.1. The zero-order valence-electron chi connectivity index (χ0n) is 15.8. The van der Waals surface area contributed by atoms with Crippen LogP contribution in [0.5, 0.6) is 0 Å². The van der Waals surface area contributed by atoms with Gasteiger partial charge in [0.15, 0.2) is 0 Å². The summed E-state index contributed by atoms with van der Waals surface area (Å²) in [5.41, 5.74) is 0.318. The van der Waals surface area contributed by atoms with Crippen molar-refractivity contribution in [3.05, 3.63) is 46.0 Å². The summed E-state index contributed by atoms with van der Waals surface area (Å²) in [5, 5.41) is 11.7. The summed E-state index contributed by atoms with van der Waals surface area (Å²) in [6, 6.07) is 8.62. The number of rotatable bonds is 10. The molecule has 1 rings (SSSR count). The Kier molecular flexibility index (Phi) is 9.04. The maximum absolute atomic E-state index is 12.3. The van der Waals surface area contributed by atoms with E-state index >= 15 is 0 Å². The summed E-state index contributed by atoms with van der Waals surface area (Å²) in [6.45, 7) is 4.94. The Balaban J connectivity index is 2.58. The monoisotopic (exact) mass is 382 g/mol. The topological polar surface area (TPSA) is 117 Å². The third-order valence-electron chi connectivity index (χ3n) is 3.27. The van der Waals surface area contributed by atoms with Crippen molar-refractivity contribution in [3.63, 3.8) is 0 Å². The van der Waals surface area contributed by atoms with Crippen molar-refractivity contribution in [2.45, 2.75) is 51.7 Å². The Hall–Kier alpha value is -2.84. The SMILES string of the molecule is CC(C)(C)OC(=O)NC(CCc1ccccc1)C(=O)OCCCO[N+](=O)[O-]. The first kappa shape index (κ1) is 22.2. The highest BCUT2D eigenvalue weighted by molar-refractivity contribution is 5.81. The zero-order valence-corrected chi connectivity index (χ0v) is 15.8. The molecule has 0 aliphatic carbocycles. The van der Waals surface area contributed by atoms with Crippen LogP contribution in [0.25, 0.3) is 0 Å². The first-order valence-electron chi connectivity index (χ1n) is 8.65. The van der Waals surface area contributed by atoms with Gasteiger partial charge in [0, 0.05) is 6.42 Å². The highest BCUT2D eigenvalue weighted by atomic mass is 16.9. The second-order valence-electron chi connectivity index (χ2n) is 6.80. The lowest BCUT2D eigenvalue weighted by Gasteiger charge is -2.23. The van der Waals surface area contributed by atoms with Gasteiger partial charge in [0.05, 0.1) is 13.2 Å². The Labute approximate surface area is 158 Å². The fourth-order valence-corrected chi connectivity index (χ4v) is 2.13. The molecule has 0 bridgehead atoms. The van der Waals surface area contributed by atoms with Crippen LogP contribution in [0.1, 0.15) is 39.2 Å². The molecule has 0 aliphatic rings. The van der Waals surface area contributed by atoms with Crippen molar-refractivity contribution >= 4 is 12.1 Å². The Bertz CT molecular complexity index is 614. The van der Waals surface area contributed by atoms with Crippen LogP contribution in [-0.4, -0.2) is 42.0 Å². The van der Waals surface area contributed by atoms with Crippen LogP contribution in [-0.2, 0) is 25.5 Å². The van der Waals surface area contributed by atoms with Gasteiger partial charge in [-0.1, -0.05) is 30.3 Å². The van der Waals surface area contributed by atoms with Crippen LogP contribution in [0.4, 0.5) is 4.79 Å². The summed E-state index contributed by atoms with van der Waals surface area (Å²) in [6.07, 6.45) is 0.341. The lowest BCUT2D eigenvalue weighted by molar-refractivity contribution is -0.757. The molecule has 1 N–H and O–H groups in total. The molecule has 0 saturated heterocycles. The molecule has 27 heavy (non-hydrogen) atoms. The lowest BCUT2D eigenvalue weighted by Crippen LogP contribution is -2.44. The van der Waals surface area contributed by atoms with E-state index < -0.39 is 28.8 Å². The molecule has 1 aromatic rings. The molecular weight excluding hydrogens is 356 g/mol. The molecular formula is C18H26N2O7. The van der Waals surface area contributed by atoms with Crippen LogP contribution in [0, 0.1) is 10.1 Å². The van der Waals surface area contributed by atoms with E-state index in [4.69, 9.17) is 9.47 Å². The number of nitrogens with zero attached hydrogens (tertiary/aromatic N) is 1. The fourth-order valence-electron chi connectivity index (χ4n) is 2.13. The average Bonchev–Trinajstić information content (AvgIpc) is 2.57. The van der Waals surface area contributed by atoms with Gasteiger partial charge in [-0.25, -0.2) is 9.59 Å². The predicted octanol–water partition coefficient (Wildman–Crippen LogP) is 2.65. The van der Waals surface area contributed by atoms with Crippen molar-refractivity contribution in [2.24, 2.45) is 0 Å². The van der Waals surface area contributed by atoms with Crippen molar-refractivity contribution in [3.8, 4) is 0 Å². The van der Waals surface area contributed by atoms with Crippen LogP contribution >= 0.6 is 0 Å². The summed E-state index contributed by atoms with van der Waals surface area (Å²) < 4.78 is 10.3. The maximum Gasteiger partial charge on any atom is 0.408 e. The number of carbonyl (C=O) groups excluding carboxylic acids is 2. The van der Waals surface area contributed by atoms with Gasteiger partial charge in [-0.15, -0.1) is 10.1 Å². The van der Waals surface area contributed by atoms with Crippen LogP contribution in [0.3, 0.4) is 0 Å². The molecule has 0 aliphatic heterocycles. The Morgan fingerprint density at radius 2 is 1.85 bits per heavy atom. The third kappa shape index (κ3) is 10.7. The number of alkyl carbamates (subject to hydrolysis) is 1. The summed E-state index contributed by atoms with van der Waals surface area (Å²) in [7, 11) is 0. The number of hydrogen-bond donors (Lipinski definition) is 1. The van der Waals surface area contributed by atoms with Gasteiger partial charge in [-0.3, -0.25) is 0 Å². The molecule has 0 heterocycles. The zero-order chi connectivity index (χ0) is 20.3.